The van der Waals surface area contributed by atoms with Crippen LogP contribution < -0.4 is 19.8 Å². The van der Waals surface area contributed by atoms with Gasteiger partial charge in [-0.25, -0.2) is 9.59 Å². The maximum absolute atomic E-state index is 12.4. The second-order valence-electron chi connectivity index (χ2n) is 5.81. The first kappa shape index (κ1) is 17.5. The average Bonchev–Trinajstić information content (AvgIpc) is 2.63. The Kier molecular flexibility index (Phi) is 4.93. The largest absolute Gasteiger partial charge is 0.492 e. The van der Waals surface area contributed by atoms with E-state index >= 15 is 0 Å². The van der Waals surface area contributed by atoms with E-state index in [4.69, 9.17) is 18.6 Å². The number of para-hydroxylation sites is 1. The van der Waals surface area contributed by atoms with Gasteiger partial charge in [-0.05, 0) is 38.1 Å². The number of carbonyl (C=O) groups is 1. The molecule has 6 heteroatoms. The molecule has 0 saturated carbocycles. The highest BCUT2D eigenvalue weighted by atomic mass is 16.6. The number of rotatable bonds is 5. The van der Waals surface area contributed by atoms with Crippen LogP contribution in [0.3, 0.4) is 0 Å². The quantitative estimate of drug-likeness (QED) is 0.512. The molecular formula is C20H18O6. The van der Waals surface area contributed by atoms with Crippen molar-refractivity contribution in [1.29, 1.82) is 0 Å². The van der Waals surface area contributed by atoms with Gasteiger partial charge in [-0.3, -0.25) is 0 Å². The van der Waals surface area contributed by atoms with E-state index in [2.05, 4.69) is 0 Å². The maximum atomic E-state index is 12.4. The lowest BCUT2D eigenvalue weighted by Gasteiger charge is -2.14. The number of ether oxygens (including phenoxy) is 3. The summed E-state index contributed by atoms with van der Waals surface area (Å²) in [6, 6.07) is 13.5. The van der Waals surface area contributed by atoms with E-state index in [-0.39, 0.29) is 23.2 Å². The Bertz CT molecular complexity index is 988. The summed E-state index contributed by atoms with van der Waals surface area (Å²) in [5.41, 5.74) is -0.271. The van der Waals surface area contributed by atoms with Crippen LogP contribution in [0.15, 0.2) is 57.7 Å². The predicted molar refractivity (Wildman–Crippen MR) is 96.2 cm³/mol. The Hall–Kier alpha value is -3.28. The first-order chi connectivity index (χ1) is 12.5. The second-order valence-corrected chi connectivity index (χ2v) is 5.81. The molecule has 0 atom stereocenters. The lowest BCUT2D eigenvalue weighted by molar-refractivity contribution is 0.0723. The molecule has 0 amide bonds. The fourth-order valence-corrected chi connectivity index (χ4v) is 2.52. The molecule has 2 aromatic carbocycles. The number of methoxy groups -OCH3 is 1. The summed E-state index contributed by atoms with van der Waals surface area (Å²) in [5, 5.41) is 0.473. The van der Waals surface area contributed by atoms with Gasteiger partial charge < -0.3 is 18.6 Å². The number of fused-ring (bicyclic) bond motifs is 1. The van der Waals surface area contributed by atoms with Gasteiger partial charge in [0.15, 0.2) is 17.1 Å². The molecule has 0 aliphatic carbocycles. The minimum atomic E-state index is -0.821. The number of hydrogen-bond donors (Lipinski definition) is 0. The van der Waals surface area contributed by atoms with Gasteiger partial charge >= 0.3 is 11.6 Å². The number of hydrogen-bond acceptors (Lipinski definition) is 6. The van der Waals surface area contributed by atoms with E-state index in [0.29, 0.717) is 16.7 Å². The Morgan fingerprint density at radius 3 is 2.38 bits per heavy atom. The number of esters is 1. The Labute approximate surface area is 149 Å². The van der Waals surface area contributed by atoms with Crippen molar-refractivity contribution in [1.82, 2.24) is 0 Å². The van der Waals surface area contributed by atoms with Gasteiger partial charge in [-0.2, -0.15) is 0 Å². The standard InChI is InChI=1S/C20H18O6/c1-12(2)24-15-11-7-10-14-16(15)25-20(22)18(17(14)23-3)26-19(21)13-8-5-4-6-9-13/h4-12H,1-3H3. The third kappa shape index (κ3) is 3.39. The minimum absolute atomic E-state index is 0.104. The van der Waals surface area contributed by atoms with E-state index in [1.54, 1.807) is 48.5 Å². The van der Waals surface area contributed by atoms with Crippen molar-refractivity contribution in [3.8, 4) is 17.2 Å². The van der Waals surface area contributed by atoms with E-state index in [1.807, 2.05) is 13.8 Å². The van der Waals surface area contributed by atoms with Crippen LogP contribution in [0.25, 0.3) is 11.0 Å². The van der Waals surface area contributed by atoms with E-state index < -0.39 is 11.6 Å². The zero-order chi connectivity index (χ0) is 18.7. The molecule has 0 aliphatic heterocycles. The summed E-state index contributed by atoms with van der Waals surface area (Å²) < 4.78 is 21.7. The molecule has 134 valence electrons. The minimum Gasteiger partial charge on any atom is -0.492 e. The van der Waals surface area contributed by atoms with Crippen LogP contribution >= 0.6 is 0 Å². The molecule has 0 saturated heterocycles. The molecule has 6 nitrogen and oxygen atoms in total. The predicted octanol–water partition coefficient (Wildman–Crippen LogP) is 3.81. The van der Waals surface area contributed by atoms with Crippen molar-refractivity contribution in [2.75, 3.05) is 7.11 Å². The smallest absolute Gasteiger partial charge is 0.383 e. The van der Waals surface area contributed by atoms with E-state index in [9.17, 15) is 9.59 Å². The third-order valence-electron chi connectivity index (χ3n) is 3.58. The van der Waals surface area contributed by atoms with Crippen LogP contribution in [0.1, 0.15) is 24.2 Å². The Morgan fingerprint density at radius 2 is 1.73 bits per heavy atom. The van der Waals surface area contributed by atoms with Gasteiger partial charge in [-0.15, -0.1) is 0 Å². The van der Waals surface area contributed by atoms with Crippen molar-refractivity contribution >= 4 is 16.9 Å². The van der Waals surface area contributed by atoms with E-state index in [0.717, 1.165) is 0 Å². The van der Waals surface area contributed by atoms with Gasteiger partial charge in [0.25, 0.3) is 5.75 Å². The average molecular weight is 354 g/mol. The molecule has 0 radical (unpaired) electrons. The second kappa shape index (κ2) is 7.31. The molecule has 0 spiro atoms. The fraction of sp³-hybridized carbons (Fsp3) is 0.200. The summed E-state index contributed by atoms with van der Waals surface area (Å²) in [4.78, 5) is 24.7. The highest BCUT2D eigenvalue weighted by Gasteiger charge is 2.22. The number of benzene rings is 2. The Morgan fingerprint density at radius 1 is 1.00 bits per heavy atom. The lowest BCUT2D eigenvalue weighted by atomic mass is 10.2. The normalized spacial score (nSPS) is 10.8. The maximum Gasteiger partial charge on any atom is 0.383 e. The summed E-state index contributed by atoms with van der Waals surface area (Å²) in [6.07, 6.45) is -0.104. The van der Waals surface area contributed by atoms with Crippen LogP contribution in [0.4, 0.5) is 0 Å². The Balaban J connectivity index is 2.10. The fourth-order valence-electron chi connectivity index (χ4n) is 2.52. The molecule has 0 N–H and O–H groups in total. The van der Waals surface area contributed by atoms with Crippen molar-refractivity contribution in [2.45, 2.75) is 20.0 Å². The molecule has 0 aliphatic rings. The van der Waals surface area contributed by atoms with Crippen LogP contribution in [0.2, 0.25) is 0 Å². The van der Waals surface area contributed by atoms with Gasteiger partial charge in [0.05, 0.1) is 24.2 Å². The molecule has 0 fully saturated rings. The van der Waals surface area contributed by atoms with Gasteiger partial charge in [0, 0.05) is 0 Å². The van der Waals surface area contributed by atoms with Crippen molar-refractivity contribution < 1.29 is 23.4 Å². The van der Waals surface area contributed by atoms with Crippen LogP contribution in [0, 0.1) is 0 Å². The monoisotopic (exact) mass is 354 g/mol. The van der Waals surface area contributed by atoms with Gasteiger partial charge in [0.1, 0.15) is 0 Å². The van der Waals surface area contributed by atoms with Crippen LogP contribution in [-0.4, -0.2) is 19.2 Å². The first-order valence-electron chi connectivity index (χ1n) is 8.09. The third-order valence-corrected chi connectivity index (χ3v) is 3.58. The molecule has 1 aromatic heterocycles. The highest BCUT2D eigenvalue weighted by Crippen LogP contribution is 2.37. The molecule has 0 unspecified atom stereocenters. The van der Waals surface area contributed by atoms with Gasteiger partial charge in [-0.1, -0.05) is 24.3 Å². The van der Waals surface area contributed by atoms with Crippen LogP contribution in [-0.2, 0) is 0 Å². The van der Waals surface area contributed by atoms with Crippen molar-refractivity contribution in [3.63, 3.8) is 0 Å². The van der Waals surface area contributed by atoms with Crippen LogP contribution in [0.5, 0.6) is 17.2 Å². The molecule has 0 bridgehead atoms. The topological polar surface area (TPSA) is 75.0 Å². The summed E-state index contributed by atoms with van der Waals surface area (Å²) >= 11 is 0. The lowest BCUT2D eigenvalue weighted by Crippen LogP contribution is -2.16. The summed E-state index contributed by atoms with van der Waals surface area (Å²) in [5.74, 6) is -0.441. The molecule has 1 heterocycles. The number of carbonyl (C=O) groups excluding carboxylic acids is 1. The van der Waals surface area contributed by atoms with Gasteiger partial charge in [0.2, 0.25) is 0 Å². The van der Waals surface area contributed by atoms with Crippen molar-refractivity contribution in [3.05, 3.63) is 64.5 Å². The molecule has 26 heavy (non-hydrogen) atoms. The highest BCUT2D eigenvalue weighted by molar-refractivity contribution is 5.94. The van der Waals surface area contributed by atoms with Crippen molar-refractivity contribution in [2.24, 2.45) is 0 Å². The zero-order valence-corrected chi connectivity index (χ0v) is 14.6. The molecular weight excluding hydrogens is 336 g/mol. The first-order valence-corrected chi connectivity index (χ1v) is 8.09. The molecule has 3 rings (SSSR count). The summed E-state index contributed by atoms with van der Waals surface area (Å²) in [7, 11) is 1.39. The molecule has 3 aromatic rings. The summed E-state index contributed by atoms with van der Waals surface area (Å²) in [6.45, 7) is 3.73. The zero-order valence-electron chi connectivity index (χ0n) is 14.6. The SMILES string of the molecule is COc1c(OC(=O)c2ccccc2)c(=O)oc2c(OC(C)C)cccc12. The van der Waals surface area contributed by atoms with E-state index in [1.165, 1.54) is 7.11 Å².